The molecule has 2 aliphatic heterocycles. The summed E-state index contributed by atoms with van der Waals surface area (Å²) in [6.45, 7) is 6.71. The predicted molar refractivity (Wildman–Crippen MR) is 140 cm³/mol. The summed E-state index contributed by atoms with van der Waals surface area (Å²) in [4.78, 5) is 27.6. The average molecular weight is 514 g/mol. The molecule has 0 saturated carbocycles. The first kappa shape index (κ1) is 27.2. The van der Waals surface area contributed by atoms with Gasteiger partial charge in [-0.15, -0.1) is 0 Å². The maximum absolute atomic E-state index is 14.8. The summed E-state index contributed by atoms with van der Waals surface area (Å²) < 4.78 is 34.7. The Morgan fingerprint density at radius 3 is 2.46 bits per heavy atom. The molecule has 6 nitrogen and oxygen atoms in total. The standard InChI is InChI=1S/C29H37F2N3O3/c1-29(2,31)19-34-16-13-20(14-17-34)18-37-22-11-9-21(10-12-22)23-6-5-7-24(30)26(23)28(36)33-27(35)25-8-3-4-15-32-25/h5-7,9-12,20,25,32H,3-4,8,13-19H2,1-2H3,(H,33,35,36)/t25-/m0/s1. The van der Waals surface area contributed by atoms with Crippen LogP contribution in [0, 0.1) is 11.7 Å². The van der Waals surface area contributed by atoms with Crippen molar-refractivity contribution >= 4 is 11.8 Å². The van der Waals surface area contributed by atoms with Gasteiger partial charge in [0.2, 0.25) is 5.91 Å². The Morgan fingerprint density at radius 1 is 1.08 bits per heavy atom. The zero-order valence-electron chi connectivity index (χ0n) is 21.7. The van der Waals surface area contributed by atoms with Crippen molar-refractivity contribution < 1.29 is 23.1 Å². The van der Waals surface area contributed by atoms with E-state index in [4.69, 9.17) is 4.74 Å². The van der Waals surface area contributed by atoms with Crippen LogP contribution in [-0.2, 0) is 4.79 Å². The number of alkyl halides is 1. The highest BCUT2D eigenvalue weighted by Gasteiger charge is 2.27. The number of ether oxygens (including phenoxy) is 1. The number of piperidine rings is 2. The van der Waals surface area contributed by atoms with Crippen molar-refractivity contribution in [1.82, 2.24) is 15.5 Å². The van der Waals surface area contributed by atoms with Gasteiger partial charge in [0.15, 0.2) is 0 Å². The van der Waals surface area contributed by atoms with Crippen LogP contribution < -0.4 is 15.4 Å². The van der Waals surface area contributed by atoms with Gasteiger partial charge in [-0.05, 0) is 94.4 Å². The van der Waals surface area contributed by atoms with Crippen LogP contribution in [0.5, 0.6) is 5.75 Å². The highest BCUT2D eigenvalue weighted by Crippen LogP contribution is 2.28. The Labute approximate surface area is 217 Å². The first-order valence-electron chi connectivity index (χ1n) is 13.2. The van der Waals surface area contributed by atoms with Gasteiger partial charge in [-0.25, -0.2) is 8.78 Å². The van der Waals surface area contributed by atoms with E-state index in [-0.39, 0.29) is 5.56 Å². The topological polar surface area (TPSA) is 70.7 Å². The molecule has 0 unspecified atom stereocenters. The van der Waals surface area contributed by atoms with E-state index in [0.29, 0.717) is 42.4 Å². The van der Waals surface area contributed by atoms with Crippen molar-refractivity contribution in [3.63, 3.8) is 0 Å². The Kier molecular flexibility index (Phi) is 8.92. The summed E-state index contributed by atoms with van der Waals surface area (Å²) in [5.41, 5.74) is -0.266. The Balaban J connectivity index is 1.36. The van der Waals surface area contributed by atoms with Crippen LogP contribution in [0.3, 0.4) is 0 Å². The molecule has 2 heterocycles. The molecule has 0 aliphatic carbocycles. The molecular formula is C29H37F2N3O3. The van der Waals surface area contributed by atoms with Crippen LogP contribution in [0.1, 0.15) is 56.3 Å². The third kappa shape index (κ3) is 7.58. The van der Waals surface area contributed by atoms with Crippen molar-refractivity contribution in [2.75, 3.05) is 32.8 Å². The van der Waals surface area contributed by atoms with E-state index in [0.717, 1.165) is 45.3 Å². The van der Waals surface area contributed by atoms with Gasteiger partial charge in [0.25, 0.3) is 5.91 Å². The van der Waals surface area contributed by atoms with Gasteiger partial charge in [-0.2, -0.15) is 0 Å². The smallest absolute Gasteiger partial charge is 0.261 e. The minimum absolute atomic E-state index is 0.149. The Hall–Kier alpha value is -2.84. The molecule has 8 heteroatoms. The third-order valence-corrected chi connectivity index (χ3v) is 7.06. The molecule has 2 saturated heterocycles. The first-order chi connectivity index (χ1) is 17.7. The van der Waals surface area contributed by atoms with Crippen molar-refractivity contribution in [1.29, 1.82) is 0 Å². The molecule has 0 bridgehead atoms. The van der Waals surface area contributed by atoms with Crippen LogP contribution in [0.25, 0.3) is 11.1 Å². The molecule has 0 aromatic heterocycles. The summed E-state index contributed by atoms with van der Waals surface area (Å²) >= 11 is 0. The van der Waals surface area contributed by atoms with E-state index in [1.54, 1.807) is 50.2 Å². The van der Waals surface area contributed by atoms with Gasteiger partial charge in [-0.3, -0.25) is 14.9 Å². The van der Waals surface area contributed by atoms with Crippen molar-refractivity contribution in [2.24, 2.45) is 5.92 Å². The van der Waals surface area contributed by atoms with Crippen LogP contribution in [0.4, 0.5) is 8.78 Å². The number of carbonyl (C=O) groups excluding carboxylic acids is 2. The largest absolute Gasteiger partial charge is 0.493 e. The number of nitrogens with one attached hydrogen (secondary N) is 2. The molecule has 37 heavy (non-hydrogen) atoms. The summed E-state index contributed by atoms with van der Waals surface area (Å²) in [6, 6.07) is 11.2. The fourth-order valence-electron chi connectivity index (χ4n) is 5.12. The summed E-state index contributed by atoms with van der Waals surface area (Å²) in [7, 11) is 0. The zero-order valence-corrected chi connectivity index (χ0v) is 21.7. The van der Waals surface area contributed by atoms with Crippen LogP contribution in [-0.4, -0.2) is 61.2 Å². The third-order valence-electron chi connectivity index (χ3n) is 7.06. The van der Waals surface area contributed by atoms with E-state index in [2.05, 4.69) is 15.5 Å². The lowest BCUT2D eigenvalue weighted by Crippen LogP contribution is -2.48. The monoisotopic (exact) mass is 513 g/mol. The van der Waals surface area contributed by atoms with E-state index < -0.39 is 29.3 Å². The molecule has 2 fully saturated rings. The molecule has 2 N–H and O–H groups in total. The maximum Gasteiger partial charge on any atom is 0.261 e. The number of rotatable bonds is 8. The second-order valence-electron chi connectivity index (χ2n) is 10.8. The quantitative estimate of drug-likeness (QED) is 0.500. The fraction of sp³-hybridized carbons (Fsp3) is 0.517. The Bertz CT molecular complexity index is 1070. The molecule has 4 rings (SSSR count). The number of carbonyl (C=O) groups is 2. The number of nitrogens with zero attached hydrogens (tertiary/aromatic N) is 1. The molecule has 1 atom stereocenters. The number of hydrogen-bond acceptors (Lipinski definition) is 5. The van der Waals surface area contributed by atoms with Gasteiger partial charge in [0.1, 0.15) is 17.2 Å². The highest BCUT2D eigenvalue weighted by atomic mass is 19.1. The molecular weight excluding hydrogens is 476 g/mol. The number of imide groups is 1. The minimum atomic E-state index is -1.19. The normalized spacial score (nSPS) is 19.4. The average Bonchev–Trinajstić information content (AvgIpc) is 2.88. The lowest BCUT2D eigenvalue weighted by molar-refractivity contribution is -0.122. The van der Waals surface area contributed by atoms with Crippen molar-refractivity contribution in [2.45, 2.75) is 57.7 Å². The van der Waals surface area contributed by atoms with E-state index in [1.807, 2.05) is 0 Å². The van der Waals surface area contributed by atoms with E-state index in [9.17, 15) is 18.4 Å². The first-order valence-corrected chi connectivity index (χ1v) is 13.2. The van der Waals surface area contributed by atoms with Gasteiger partial charge < -0.3 is 15.0 Å². The second-order valence-corrected chi connectivity index (χ2v) is 10.8. The number of likely N-dealkylation sites (tertiary alicyclic amines) is 1. The van der Waals surface area contributed by atoms with E-state index in [1.165, 1.54) is 6.07 Å². The lowest BCUT2D eigenvalue weighted by atomic mass is 9.96. The number of amides is 2. The van der Waals surface area contributed by atoms with Gasteiger partial charge in [-0.1, -0.05) is 30.7 Å². The van der Waals surface area contributed by atoms with Crippen LogP contribution >= 0.6 is 0 Å². The lowest BCUT2D eigenvalue weighted by Gasteiger charge is -2.34. The van der Waals surface area contributed by atoms with Gasteiger partial charge >= 0.3 is 0 Å². The van der Waals surface area contributed by atoms with Crippen molar-refractivity contribution in [3.8, 4) is 16.9 Å². The predicted octanol–water partition coefficient (Wildman–Crippen LogP) is 4.73. The van der Waals surface area contributed by atoms with Crippen LogP contribution in [0.2, 0.25) is 0 Å². The summed E-state index contributed by atoms with van der Waals surface area (Å²) in [5.74, 6) is -0.747. The fourth-order valence-corrected chi connectivity index (χ4v) is 5.12. The van der Waals surface area contributed by atoms with Gasteiger partial charge in [0, 0.05) is 6.54 Å². The highest BCUT2D eigenvalue weighted by molar-refractivity contribution is 6.09. The van der Waals surface area contributed by atoms with E-state index >= 15 is 0 Å². The van der Waals surface area contributed by atoms with Crippen molar-refractivity contribution in [3.05, 3.63) is 53.8 Å². The van der Waals surface area contributed by atoms with Gasteiger partial charge in [0.05, 0.1) is 18.2 Å². The zero-order chi connectivity index (χ0) is 26.4. The summed E-state index contributed by atoms with van der Waals surface area (Å²) in [5, 5.41) is 5.47. The SMILES string of the molecule is CC(C)(F)CN1CCC(COc2ccc(-c3cccc(F)c3C(=O)NC(=O)[C@@H]3CCCCN3)cc2)CC1. The number of hydrogen-bond donors (Lipinski definition) is 2. The second kappa shape index (κ2) is 12.1. The Morgan fingerprint density at radius 2 is 1.81 bits per heavy atom. The summed E-state index contributed by atoms with van der Waals surface area (Å²) in [6.07, 6.45) is 4.48. The molecule has 2 aromatic carbocycles. The minimum Gasteiger partial charge on any atom is -0.493 e. The molecule has 2 aromatic rings. The molecule has 200 valence electrons. The molecule has 2 amide bonds. The molecule has 0 radical (unpaired) electrons. The number of benzene rings is 2. The van der Waals surface area contributed by atoms with Crippen LogP contribution in [0.15, 0.2) is 42.5 Å². The molecule has 2 aliphatic rings. The number of halogens is 2. The maximum atomic E-state index is 14.8. The molecule has 0 spiro atoms.